The minimum atomic E-state index is -1.72. The summed E-state index contributed by atoms with van der Waals surface area (Å²) < 4.78 is 7.41. The molecule has 0 radical (unpaired) electrons. The summed E-state index contributed by atoms with van der Waals surface area (Å²) in [6, 6.07) is 10.8. The Kier molecular flexibility index (Phi) is 7.60. The largest absolute Gasteiger partial charge is 0.414 e. The smallest absolute Gasteiger partial charge is 0.192 e. The highest BCUT2D eigenvalue weighted by Crippen LogP contribution is 2.39. The summed E-state index contributed by atoms with van der Waals surface area (Å²) in [7, 11) is -1.72. The molecule has 0 heterocycles. The van der Waals surface area contributed by atoms with Crippen molar-refractivity contribution in [2.24, 2.45) is 5.92 Å². The van der Waals surface area contributed by atoms with Gasteiger partial charge in [0, 0.05) is 10.0 Å². The molecule has 0 saturated carbocycles. The topological polar surface area (TPSA) is 9.23 Å². The second kappa shape index (κ2) is 8.29. The van der Waals surface area contributed by atoms with Crippen LogP contribution in [-0.4, -0.2) is 18.3 Å². The van der Waals surface area contributed by atoms with Crippen LogP contribution in [0.3, 0.4) is 0 Å². The van der Waals surface area contributed by atoms with Crippen molar-refractivity contribution in [1.82, 2.24) is 0 Å². The van der Waals surface area contributed by atoms with E-state index in [1.165, 1.54) is 5.56 Å². The third kappa shape index (κ3) is 5.97. The summed E-state index contributed by atoms with van der Waals surface area (Å²) in [6.07, 6.45) is 2.58. The predicted octanol–water partition coefficient (Wildman–Crippen LogP) is 6.47. The summed E-state index contributed by atoms with van der Waals surface area (Å²) >= 11 is 2.55. The molecular weight excluding hydrogens is 399 g/mol. The van der Waals surface area contributed by atoms with Crippen LogP contribution in [-0.2, 0) is 10.8 Å². The standard InChI is InChI=1S/C19H33IOSi/c1-15(16(2)20)18(21-22(6,7)19(3,4)5)14-13-17-11-9-8-10-12-17/h8-12,15-16,18H,13-14H2,1-7H3/t15-,16-,18+/m0/s1. The van der Waals surface area contributed by atoms with Crippen LogP contribution in [0, 0.1) is 5.92 Å². The average Bonchev–Trinajstić information content (AvgIpc) is 2.42. The summed E-state index contributed by atoms with van der Waals surface area (Å²) in [5.74, 6) is 0.582. The van der Waals surface area contributed by atoms with Gasteiger partial charge in [-0.2, -0.15) is 0 Å². The van der Waals surface area contributed by atoms with Gasteiger partial charge in [-0.25, -0.2) is 0 Å². The number of hydrogen-bond acceptors (Lipinski definition) is 1. The Bertz CT molecular complexity index is 436. The van der Waals surface area contributed by atoms with Crippen LogP contribution in [0.1, 0.15) is 46.6 Å². The molecule has 1 rings (SSSR count). The minimum Gasteiger partial charge on any atom is -0.414 e. The van der Waals surface area contributed by atoms with Crippen molar-refractivity contribution in [3.8, 4) is 0 Å². The fourth-order valence-corrected chi connectivity index (χ4v) is 4.14. The number of alkyl halides is 1. The molecule has 126 valence electrons. The van der Waals surface area contributed by atoms with Crippen molar-refractivity contribution in [2.45, 2.75) is 75.6 Å². The molecule has 22 heavy (non-hydrogen) atoms. The Labute approximate surface area is 152 Å². The normalized spacial score (nSPS) is 17.1. The third-order valence-electron chi connectivity index (χ3n) is 5.12. The zero-order valence-electron chi connectivity index (χ0n) is 15.3. The van der Waals surface area contributed by atoms with Crippen molar-refractivity contribution >= 4 is 30.9 Å². The first kappa shape index (κ1) is 20.2. The maximum absolute atomic E-state index is 6.78. The quantitative estimate of drug-likeness (QED) is 0.273. The Morgan fingerprint density at radius 1 is 1.09 bits per heavy atom. The molecule has 0 unspecified atom stereocenters. The molecule has 1 aromatic carbocycles. The lowest BCUT2D eigenvalue weighted by molar-refractivity contribution is 0.119. The summed E-state index contributed by atoms with van der Waals surface area (Å²) in [6.45, 7) is 16.4. The van der Waals surface area contributed by atoms with Crippen LogP contribution in [0.4, 0.5) is 0 Å². The van der Waals surface area contributed by atoms with Gasteiger partial charge in [0.15, 0.2) is 8.32 Å². The van der Waals surface area contributed by atoms with Gasteiger partial charge in [0.05, 0.1) is 0 Å². The lowest BCUT2D eigenvalue weighted by Gasteiger charge is -2.41. The molecule has 0 amide bonds. The number of aryl methyl sites for hydroxylation is 1. The lowest BCUT2D eigenvalue weighted by atomic mass is 9.96. The van der Waals surface area contributed by atoms with E-state index in [-0.39, 0.29) is 5.04 Å². The minimum absolute atomic E-state index is 0.270. The van der Waals surface area contributed by atoms with E-state index in [2.05, 4.69) is 101 Å². The Hall–Kier alpha value is 0.127. The summed E-state index contributed by atoms with van der Waals surface area (Å²) in [4.78, 5) is 0. The van der Waals surface area contributed by atoms with Gasteiger partial charge in [-0.3, -0.25) is 0 Å². The van der Waals surface area contributed by atoms with Crippen LogP contribution in [0.15, 0.2) is 30.3 Å². The predicted molar refractivity (Wildman–Crippen MR) is 109 cm³/mol. The highest BCUT2D eigenvalue weighted by molar-refractivity contribution is 14.1. The van der Waals surface area contributed by atoms with Crippen molar-refractivity contribution < 1.29 is 4.43 Å². The van der Waals surface area contributed by atoms with E-state index in [4.69, 9.17) is 4.43 Å². The lowest BCUT2D eigenvalue weighted by Crippen LogP contribution is -2.46. The molecule has 0 aromatic heterocycles. The van der Waals surface area contributed by atoms with E-state index in [0.29, 0.717) is 15.9 Å². The number of halogens is 1. The van der Waals surface area contributed by atoms with Gasteiger partial charge in [-0.1, -0.05) is 87.5 Å². The maximum Gasteiger partial charge on any atom is 0.192 e. The molecule has 1 nitrogen and oxygen atoms in total. The van der Waals surface area contributed by atoms with Gasteiger partial charge in [0.2, 0.25) is 0 Å². The van der Waals surface area contributed by atoms with E-state index >= 15 is 0 Å². The Balaban J connectivity index is 2.81. The van der Waals surface area contributed by atoms with Gasteiger partial charge < -0.3 is 4.43 Å². The van der Waals surface area contributed by atoms with Crippen LogP contribution in [0.2, 0.25) is 18.1 Å². The fourth-order valence-electron chi connectivity index (χ4n) is 2.23. The second-order valence-corrected chi connectivity index (χ2v) is 14.7. The average molecular weight is 432 g/mol. The van der Waals surface area contributed by atoms with E-state index < -0.39 is 8.32 Å². The molecule has 3 heteroatoms. The second-order valence-electron chi connectivity index (χ2n) is 7.98. The van der Waals surface area contributed by atoms with Gasteiger partial charge in [-0.05, 0) is 42.5 Å². The summed E-state index contributed by atoms with van der Waals surface area (Å²) in [5.41, 5.74) is 1.42. The maximum atomic E-state index is 6.78. The van der Waals surface area contributed by atoms with E-state index in [9.17, 15) is 0 Å². The third-order valence-corrected chi connectivity index (χ3v) is 10.8. The van der Waals surface area contributed by atoms with Crippen LogP contribution >= 0.6 is 22.6 Å². The molecule has 3 atom stereocenters. The highest BCUT2D eigenvalue weighted by atomic mass is 127. The fraction of sp³-hybridized carbons (Fsp3) is 0.684. The zero-order chi connectivity index (χ0) is 17.0. The molecule has 0 saturated heterocycles. The molecule has 0 bridgehead atoms. The van der Waals surface area contributed by atoms with E-state index in [1.54, 1.807) is 0 Å². The molecule has 0 aliphatic heterocycles. The summed E-state index contributed by atoms with van der Waals surface area (Å²) in [5, 5.41) is 0.270. The van der Waals surface area contributed by atoms with Gasteiger partial charge in [0.1, 0.15) is 0 Å². The van der Waals surface area contributed by atoms with Crippen LogP contribution < -0.4 is 0 Å². The molecular formula is C19H33IOSi. The molecule has 0 aliphatic carbocycles. The zero-order valence-corrected chi connectivity index (χ0v) is 18.5. The molecule has 0 fully saturated rings. The molecule has 0 N–H and O–H groups in total. The van der Waals surface area contributed by atoms with Gasteiger partial charge >= 0.3 is 0 Å². The van der Waals surface area contributed by atoms with E-state index in [0.717, 1.165) is 12.8 Å². The van der Waals surface area contributed by atoms with Crippen molar-refractivity contribution in [3.63, 3.8) is 0 Å². The first-order valence-corrected chi connectivity index (χ1v) is 12.6. The SMILES string of the molecule is C[C@@H]([C@H](C)I)[C@@H](CCc1ccccc1)O[Si](C)(C)C(C)(C)C. The molecule has 0 spiro atoms. The monoisotopic (exact) mass is 432 g/mol. The highest BCUT2D eigenvalue weighted by Gasteiger charge is 2.40. The number of benzene rings is 1. The van der Waals surface area contributed by atoms with Crippen molar-refractivity contribution in [3.05, 3.63) is 35.9 Å². The first-order chi connectivity index (χ1) is 10.0. The van der Waals surface area contributed by atoms with E-state index in [1.807, 2.05) is 0 Å². The number of hydrogen-bond donors (Lipinski definition) is 0. The van der Waals surface area contributed by atoms with Gasteiger partial charge in [-0.15, -0.1) is 0 Å². The first-order valence-electron chi connectivity index (χ1n) is 8.40. The van der Waals surface area contributed by atoms with Crippen molar-refractivity contribution in [1.29, 1.82) is 0 Å². The molecule has 0 aliphatic rings. The van der Waals surface area contributed by atoms with Crippen molar-refractivity contribution in [2.75, 3.05) is 0 Å². The molecule has 1 aromatic rings. The van der Waals surface area contributed by atoms with Gasteiger partial charge in [0.25, 0.3) is 0 Å². The van der Waals surface area contributed by atoms with Crippen LogP contribution in [0.25, 0.3) is 0 Å². The van der Waals surface area contributed by atoms with Crippen LogP contribution in [0.5, 0.6) is 0 Å². The number of rotatable bonds is 7. The Morgan fingerprint density at radius 3 is 2.09 bits per heavy atom. The Morgan fingerprint density at radius 2 is 1.64 bits per heavy atom.